The molecule has 0 fully saturated rings. The van der Waals surface area contributed by atoms with E-state index in [-0.39, 0.29) is 11.3 Å². The number of allylic oxidation sites excluding steroid dienone is 3. The van der Waals surface area contributed by atoms with Gasteiger partial charge in [-0.05, 0) is 23.8 Å². The van der Waals surface area contributed by atoms with Crippen molar-refractivity contribution in [1.82, 2.24) is 0 Å². The zero-order valence-corrected chi connectivity index (χ0v) is 8.70. The van der Waals surface area contributed by atoms with Gasteiger partial charge in [0.15, 0.2) is 0 Å². The van der Waals surface area contributed by atoms with Gasteiger partial charge in [0.25, 0.3) is 5.69 Å². The van der Waals surface area contributed by atoms with Crippen molar-refractivity contribution in [2.75, 3.05) is 0 Å². The Morgan fingerprint density at radius 3 is 2.29 bits per heavy atom. The summed E-state index contributed by atoms with van der Waals surface area (Å²) >= 11 is 0. The molecule has 0 saturated heterocycles. The molecule has 17 heavy (non-hydrogen) atoms. The molecule has 0 aliphatic heterocycles. The van der Waals surface area contributed by atoms with Gasteiger partial charge in [0.05, 0.1) is 4.92 Å². The van der Waals surface area contributed by atoms with Crippen LogP contribution in [-0.4, -0.2) is 4.92 Å². The minimum absolute atomic E-state index is 0.00293. The lowest BCUT2D eigenvalue weighted by atomic mass is 10.2. The van der Waals surface area contributed by atoms with E-state index in [0.717, 1.165) is 5.56 Å². The van der Waals surface area contributed by atoms with Crippen LogP contribution < -0.4 is 0 Å². The van der Waals surface area contributed by atoms with Crippen LogP contribution in [0.15, 0.2) is 42.0 Å². The van der Waals surface area contributed by atoms with Gasteiger partial charge in [-0.3, -0.25) is 10.1 Å². The lowest BCUT2D eigenvalue weighted by Crippen LogP contribution is -1.86. The molecular formula is C12H7N3O2. The van der Waals surface area contributed by atoms with Gasteiger partial charge in [-0.25, -0.2) is 0 Å². The molecule has 0 aliphatic rings. The first kappa shape index (κ1) is 12.2. The average Bonchev–Trinajstić information content (AvgIpc) is 2.35. The number of hydrogen-bond acceptors (Lipinski definition) is 4. The molecule has 1 aromatic rings. The Morgan fingerprint density at radius 2 is 1.82 bits per heavy atom. The lowest BCUT2D eigenvalue weighted by molar-refractivity contribution is -0.384. The largest absolute Gasteiger partial charge is 0.269 e. The summed E-state index contributed by atoms with van der Waals surface area (Å²) in [7, 11) is 0. The Balaban J connectivity index is 2.81. The van der Waals surface area contributed by atoms with Gasteiger partial charge in [0.2, 0.25) is 0 Å². The molecule has 0 aliphatic carbocycles. The molecule has 0 unspecified atom stereocenters. The summed E-state index contributed by atoms with van der Waals surface area (Å²) in [6, 6.07) is 9.39. The van der Waals surface area contributed by atoms with E-state index < -0.39 is 4.92 Å². The predicted molar refractivity (Wildman–Crippen MR) is 61.4 cm³/mol. The van der Waals surface area contributed by atoms with E-state index >= 15 is 0 Å². The third-order valence-electron chi connectivity index (χ3n) is 1.90. The standard InChI is InChI=1S/C12H7N3O2/c13-8-11(9-14)3-1-2-10-4-6-12(7-5-10)15(16)17/h1-7H. The van der Waals surface area contributed by atoms with E-state index in [0.29, 0.717) is 0 Å². The smallest absolute Gasteiger partial charge is 0.258 e. The van der Waals surface area contributed by atoms with Gasteiger partial charge in [0.1, 0.15) is 17.7 Å². The molecule has 0 amide bonds. The lowest BCUT2D eigenvalue weighted by Gasteiger charge is -1.92. The summed E-state index contributed by atoms with van der Waals surface area (Å²) in [5.41, 5.74) is 0.776. The van der Waals surface area contributed by atoms with Gasteiger partial charge >= 0.3 is 0 Å². The second kappa shape index (κ2) is 5.84. The number of hydrogen-bond donors (Lipinski definition) is 0. The third-order valence-corrected chi connectivity index (χ3v) is 1.90. The Labute approximate surface area is 97.7 Å². The van der Waals surface area contributed by atoms with Crippen LogP contribution in [0.5, 0.6) is 0 Å². The highest BCUT2D eigenvalue weighted by Gasteiger charge is 2.01. The molecule has 0 N–H and O–H groups in total. The molecule has 0 radical (unpaired) electrons. The summed E-state index contributed by atoms with van der Waals surface area (Å²) in [6.45, 7) is 0. The van der Waals surface area contributed by atoms with E-state index in [9.17, 15) is 10.1 Å². The molecule has 82 valence electrons. The second-order valence-electron chi connectivity index (χ2n) is 3.01. The maximum Gasteiger partial charge on any atom is 0.269 e. The quantitative estimate of drug-likeness (QED) is 0.342. The molecule has 0 atom stereocenters. The average molecular weight is 225 g/mol. The first-order valence-electron chi connectivity index (χ1n) is 4.60. The Hall–Kier alpha value is -2.92. The summed E-state index contributed by atoms with van der Waals surface area (Å²) in [6.07, 6.45) is 4.57. The van der Waals surface area contributed by atoms with Crippen molar-refractivity contribution in [2.24, 2.45) is 0 Å². The first-order valence-corrected chi connectivity index (χ1v) is 4.60. The van der Waals surface area contributed by atoms with Crippen LogP contribution in [0.4, 0.5) is 5.69 Å². The van der Waals surface area contributed by atoms with Crippen molar-refractivity contribution >= 4 is 11.8 Å². The number of nitro benzene ring substituents is 1. The molecule has 0 saturated carbocycles. The maximum absolute atomic E-state index is 10.4. The van der Waals surface area contributed by atoms with Gasteiger partial charge in [0, 0.05) is 12.1 Å². The number of non-ortho nitro benzene ring substituents is 1. The van der Waals surface area contributed by atoms with Crippen LogP contribution in [0.3, 0.4) is 0 Å². The summed E-state index contributed by atoms with van der Waals surface area (Å²) in [5, 5.41) is 27.3. The van der Waals surface area contributed by atoms with E-state index in [1.807, 2.05) is 0 Å². The fourth-order valence-corrected chi connectivity index (χ4v) is 1.06. The minimum atomic E-state index is -0.475. The number of nitro groups is 1. The molecule has 0 aromatic heterocycles. The van der Waals surface area contributed by atoms with Gasteiger partial charge < -0.3 is 0 Å². The SMILES string of the molecule is N#CC(C#N)=CC=Cc1ccc([N+](=O)[O-])cc1. The normalized spacial score (nSPS) is 9.29. The summed E-state index contributed by atoms with van der Waals surface area (Å²) in [4.78, 5) is 9.92. The molecule has 0 heterocycles. The van der Waals surface area contributed by atoms with Crippen LogP contribution in [0.2, 0.25) is 0 Å². The van der Waals surface area contributed by atoms with Gasteiger partial charge in [-0.1, -0.05) is 12.2 Å². The van der Waals surface area contributed by atoms with Gasteiger partial charge in [-0.15, -0.1) is 0 Å². The highest BCUT2D eigenvalue weighted by molar-refractivity contribution is 5.54. The van der Waals surface area contributed by atoms with E-state index in [1.165, 1.54) is 18.2 Å². The third kappa shape index (κ3) is 3.61. The van der Waals surface area contributed by atoms with Crippen LogP contribution in [0.1, 0.15) is 5.56 Å². The fourth-order valence-electron chi connectivity index (χ4n) is 1.06. The summed E-state index contributed by atoms with van der Waals surface area (Å²) in [5.74, 6) is 0. The van der Waals surface area contributed by atoms with Crippen LogP contribution in [0.25, 0.3) is 6.08 Å². The predicted octanol–water partition coefficient (Wildman–Crippen LogP) is 2.58. The van der Waals surface area contributed by atoms with E-state index in [1.54, 1.807) is 36.4 Å². The van der Waals surface area contributed by atoms with Crippen molar-refractivity contribution in [3.05, 3.63) is 57.7 Å². The van der Waals surface area contributed by atoms with Crippen LogP contribution in [-0.2, 0) is 0 Å². The Morgan fingerprint density at radius 1 is 1.24 bits per heavy atom. The molecule has 5 nitrogen and oxygen atoms in total. The topological polar surface area (TPSA) is 90.7 Å². The highest BCUT2D eigenvalue weighted by atomic mass is 16.6. The molecule has 0 bridgehead atoms. The molecule has 0 spiro atoms. The molecule has 1 aromatic carbocycles. The van der Waals surface area contributed by atoms with Crippen molar-refractivity contribution < 1.29 is 4.92 Å². The summed E-state index contributed by atoms with van der Waals surface area (Å²) < 4.78 is 0. The molecule has 5 heteroatoms. The Kier molecular flexibility index (Phi) is 4.17. The maximum atomic E-state index is 10.4. The van der Waals surface area contributed by atoms with Crippen molar-refractivity contribution in [3.8, 4) is 12.1 Å². The number of rotatable bonds is 3. The number of nitrogens with zero attached hydrogens (tertiary/aromatic N) is 3. The Bertz CT molecular complexity index is 541. The highest BCUT2D eigenvalue weighted by Crippen LogP contribution is 2.12. The second-order valence-corrected chi connectivity index (χ2v) is 3.01. The number of nitriles is 2. The van der Waals surface area contributed by atoms with Crippen molar-refractivity contribution in [1.29, 1.82) is 10.5 Å². The molecular weight excluding hydrogens is 218 g/mol. The van der Waals surface area contributed by atoms with E-state index in [4.69, 9.17) is 10.5 Å². The number of benzene rings is 1. The monoisotopic (exact) mass is 225 g/mol. The van der Waals surface area contributed by atoms with Gasteiger partial charge in [-0.2, -0.15) is 10.5 Å². The van der Waals surface area contributed by atoms with Crippen molar-refractivity contribution in [2.45, 2.75) is 0 Å². The zero-order valence-electron chi connectivity index (χ0n) is 8.70. The zero-order chi connectivity index (χ0) is 12.7. The minimum Gasteiger partial charge on any atom is -0.258 e. The van der Waals surface area contributed by atoms with Crippen LogP contribution in [0, 0.1) is 32.8 Å². The van der Waals surface area contributed by atoms with E-state index in [2.05, 4.69) is 0 Å². The van der Waals surface area contributed by atoms with Crippen molar-refractivity contribution in [3.63, 3.8) is 0 Å². The fraction of sp³-hybridized carbons (Fsp3) is 0. The first-order chi connectivity index (χ1) is 8.17. The molecule has 1 rings (SSSR count). The van der Waals surface area contributed by atoms with Crippen LogP contribution >= 0.6 is 0 Å².